The molecule has 1 aromatic rings. The lowest BCUT2D eigenvalue weighted by Crippen LogP contribution is -2.20. The Morgan fingerprint density at radius 3 is 2.79 bits per heavy atom. The number of ether oxygens (including phenoxy) is 1. The minimum atomic E-state index is -3.66. The van der Waals surface area contributed by atoms with E-state index < -0.39 is 15.8 Å². The number of sulfone groups is 1. The summed E-state index contributed by atoms with van der Waals surface area (Å²) in [4.78, 5) is 15.5. The zero-order valence-electron chi connectivity index (χ0n) is 10.8. The maximum Gasteiger partial charge on any atom is 0.341 e. The van der Waals surface area contributed by atoms with Gasteiger partial charge in [-0.15, -0.1) is 11.6 Å². The van der Waals surface area contributed by atoms with Crippen molar-refractivity contribution in [1.29, 1.82) is 0 Å². The van der Waals surface area contributed by atoms with Gasteiger partial charge in [-0.3, -0.25) is 0 Å². The van der Waals surface area contributed by atoms with Gasteiger partial charge in [0.2, 0.25) is 0 Å². The summed E-state index contributed by atoms with van der Waals surface area (Å²) < 4.78 is 29.2. The minimum absolute atomic E-state index is 0.0360. The highest BCUT2D eigenvalue weighted by Crippen LogP contribution is 2.18. The Labute approximate surface area is 117 Å². The number of pyridine rings is 1. The third kappa shape index (κ3) is 4.18. The molecule has 0 aliphatic heterocycles. The Bertz CT molecular complexity index is 544. The average Bonchev–Trinajstić information content (AvgIpc) is 2.38. The molecule has 5 nitrogen and oxygen atoms in total. The van der Waals surface area contributed by atoms with E-state index in [1.165, 1.54) is 18.3 Å². The lowest BCUT2D eigenvalue weighted by atomic mass is 10.3. The topological polar surface area (TPSA) is 73.3 Å². The molecule has 0 aliphatic rings. The van der Waals surface area contributed by atoms with Gasteiger partial charge in [-0.2, -0.15) is 0 Å². The van der Waals surface area contributed by atoms with E-state index in [0.29, 0.717) is 0 Å². The number of hydrogen-bond acceptors (Lipinski definition) is 5. The van der Waals surface area contributed by atoms with Gasteiger partial charge in [-0.05, 0) is 25.0 Å². The molecule has 1 heterocycles. The van der Waals surface area contributed by atoms with Gasteiger partial charge in [-0.1, -0.05) is 6.92 Å². The summed E-state index contributed by atoms with van der Waals surface area (Å²) >= 11 is 5.62. The molecule has 0 spiro atoms. The Balaban J connectivity index is 3.16. The number of nitrogens with zero attached hydrogens (tertiary/aromatic N) is 1. The molecule has 7 heteroatoms. The van der Waals surface area contributed by atoms with Crippen LogP contribution in [0.3, 0.4) is 0 Å². The maximum absolute atomic E-state index is 12.2. The van der Waals surface area contributed by atoms with Crippen LogP contribution in [0.5, 0.6) is 0 Å². The number of carbonyl (C=O) groups is 1. The lowest BCUT2D eigenvalue weighted by molar-refractivity contribution is 0.0521. The molecule has 1 rings (SSSR count). The second-order valence-electron chi connectivity index (χ2n) is 4.12. The van der Waals surface area contributed by atoms with Crippen LogP contribution >= 0.6 is 11.6 Å². The van der Waals surface area contributed by atoms with Crippen molar-refractivity contribution in [2.75, 3.05) is 18.2 Å². The number of halogens is 1. The van der Waals surface area contributed by atoms with Crippen LogP contribution in [0.2, 0.25) is 0 Å². The van der Waals surface area contributed by atoms with E-state index in [-0.39, 0.29) is 34.7 Å². The van der Waals surface area contributed by atoms with E-state index in [0.717, 1.165) is 0 Å². The highest BCUT2D eigenvalue weighted by atomic mass is 35.5. The monoisotopic (exact) mass is 305 g/mol. The molecule has 0 aliphatic carbocycles. The summed E-state index contributed by atoms with van der Waals surface area (Å²) in [5.41, 5.74) is -0.0360. The van der Waals surface area contributed by atoms with Crippen molar-refractivity contribution in [2.45, 2.75) is 18.9 Å². The molecule has 1 atom stereocenters. The fourth-order valence-electron chi connectivity index (χ4n) is 1.50. The summed E-state index contributed by atoms with van der Waals surface area (Å²) in [6.45, 7) is 3.54. The predicted molar refractivity (Wildman–Crippen MR) is 72.1 cm³/mol. The number of hydrogen-bond donors (Lipinski definition) is 0. The first-order chi connectivity index (χ1) is 8.92. The molecule has 0 saturated carbocycles. The van der Waals surface area contributed by atoms with Crippen molar-refractivity contribution in [2.24, 2.45) is 5.92 Å². The molecule has 0 fully saturated rings. The van der Waals surface area contributed by atoms with E-state index in [2.05, 4.69) is 4.98 Å². The number of aromatic nitrogens is 1. The molecule has 0 aromatic carbocycles. The van der Waals surface area contributed by atoms with Crippen LogP contribution in [0.15, 0.2) is 23.4 Å². The average molecular weight is 306 g/mol. The molecule has 1 unspecified atom stereocenters. The number of rotatable bonds is 6. The number of carbonyl (C=O) groups excluding carboxylic acids is 1. The van der Waals surface area contributed by atoms with E-state index >= 15 is 0 Å². The van der Waals surface area contributed by atoms with Crippen molar-refractivity contribution in [3.8, 4) is 0 Å². The van der Waals surface area contributed by atoms with Crippen LogP contribution in [-0.4, -0.2) is 37.6 Å². The SMILES string of the molecule is CCOC(=O)c1cccnc1S(=O)(=O)CC(C)CCl. The van der Waals surface area contributed by atoms with Crippen molar-refractivity contribution in [3.63, 3.8) is 0 Å². The Morgan fingerprint density at radius 2 is 2.21 bits per heavy atom. The minimum Gasteiger partial charge on any atom is -0.462 e. The second-order valence-corrected chi connectivity index (χ2v) is 6.38. The molecule has 106 valence electrons. The molecule has 1 aromatic heterocycles. The van der Waals surface area contributed by atoms with Gasteiger partial charge in [0.1, 0.15) is 0 Å². The van der Waals surface area contributed by atoms with E-state index in [9.17, 15) is 13.2 Å². The molecule has 19 heavy (non-hydrogen) atoms. The van der Waals surface area contributed by atoms with Crippen LogP contribution in [0.1, 0.15) is 24.2 Å². The van der Waals surface area contributed by atoms with Crippen LogP contribution in [0.25, 0.3) is 0 Å². The molecule has 0 N–H and O–H groups in total. The smallest absolute Gasteiger partial charge is 0.341 e. The largest absolute Gasteiger partial charge is 0.462 e. The Hall–Kier alpha value is -1.14. The van der Waals surface area contributed by atoms with Crippen LogP contribution < -0.4 is 0 Å². The third-order valence-electron chi connectivity index (χ3n) is 2.33. The maximum atomic E-state index is 12.2. The first kappa shape index (κ1) is 15.9. The van der Waals surface area contributed by atoms with E-state index in [1.54, 1.807) is 13.8 Å². The van der Waals surface area contributed by atoms with Gasteiger partial charge in [0, 0.05) is 12.1 Å². The van der Waals surface area contributed by atoms with Crippen molar-refractivity contribution < 1.29 is 17.9 Å². The molecular formula is C12H16ClNO4S. The van der Waals surface area contributed by atoms with Crippen molar-refractivity contribution in [3.05, 3.63) is 23.9 Å². The first-order valence-electron chi connectivity index (χ1n) is 5.83. The Morgan fingerprint density at radius 1 is 1.53 bits per heavy atom. The van der Waals surface area contributed by atoms with Crippen LogP contribution in [0.4, 0.5) is 0 Å². The first-order valence-corrected chi connectivity index (χ1v) is 8.02. The normalized spacial score (nSPS) is 13.0. The van der Waals surface area contributed by atoms with Crippen molar-refractivity contribution >= 4 is 27.4 Å². The Kier molecular flexibility index (Phi) is 5.75. The summed E-state index contributed by atoms with van der Waals surface area (Å²) in [6, 6.07) is 2.89. The van der Waals surface area contributed by atoms with Crippen molar-refractivity contribution in [1.82, 2.24) is 4.98 Å². The highest BCUT2D eigenvalue weighted by Gasteiger charge is 2.26. The summed E-state index contributed by atoms with van der Waals surface area (Å²) in [5.74, 6) is -0.836. The van der Waals surface area contributed by atoms with Gasteiger partial charge < -0.3 is 4.74 Å². The molecule has 0 radical (unpaired) electrons. The van der Waals surface area contributed by atoms with Gasteiger partial charge in [0.05, 0.1) is 17.9 Å². The van der Waals surface area contributed by atoms with E-state index in [4.69, 9.17) is 16.3 Å². The molecular weight excluding hydrogens is 290 g/mol. The number of alkyl halides is 1. The summed E-state index contributed by atoms with van der Waals surface area (Å²) in [6.07, 6.45) is 1.33. The fourth-order valence-corrected chi connectivity index (χ4v) is 3.47. The van der Waals surface area contributed by atoms with Gasteiger partial charge in [0.15, 0.2) is 14.9 Å². The third-order valence-corrected chi connectivity index (χ3v) is 4.78. The number of esters is 1. The quantitative estimate of drug-likeness (QED) is 0.593. The predicted octanol–water partition coefficient (Wildman–Crippen LogP) is 1.91. The van der Waals surface area contributed by atoms with Crippen LogP contribution in [0, 0.1) is 5.92 Å². The zero-order chi connectivity index (χ0) is 14.5. The lowest BCUT2D eigenvalue weighted by Gasteiger charge is -2.11. The molecule has 0 bridgehead atoms. The summed E-state index contributed by atoms with van der Waals surface area (Å²) in [7, 11) is -3.66. The fraction of sp³-hybridized carbons (Fsp3) is 0.500. The van der Waals surface area contributed by atoms with Gasteiger partial charge >= 0.3 is 5.97 Å². The summed E-state index contributed by atoms with van der Waals surface area (Å²) in [5, 5.41) is -0.245. The molecule has 0 saturated heterocycles. The van der Waals surface area contributed by atoms with Gasteiger partial charge in [-0.25, -0.2) is 18.2 Å². The molecule has 0 amide bonds. The zero-order valence-corrected chi connectivity index (χ0v) is 12.4. The van der Waals surface area contributed by atoms with Crippen LogP contribution in [-0.2, 0) is 14.6 Å². The second kappa shape index (κ2) is 6.86. The van der Waals surface area contributed by atoms with E-state index in [1.807, 2.05) is 0 Å². The standard InChI is InChI=1S/C12H16ClNO4S/c1-3-18-12(15)10-5-4-6-14-11(10)19(16,17)8-9(2)7-13/h4-6,9H,3,7-8H2,1-2H3. The highest BCUT2D eigenvalue weighted by molar-refractivity contribution is 7.91. The van der Waals surface area contributed by atoms with Gasteiger partial charge in [0.25, 0.3) is 0 Å².